The van der Waals surface area contributed by atoms with Crippen molar-refractivity contribution < 1.29 is 9.53 Å². The lowest BCUT2D eigenvalue weighted by atomic mass is 10.0. The number of rotatable bonds is 3. The van der Waals surface area contributed by atoms with Crippen molar-refractivity contribution in [2.75, 3.05) is 0 Å². The van der Waals surface area contributed by atoms with Crippen LogP contribution in [0.1, 0.15) is 31.9 Å². The van der Waals surface area contributed by atoms with Crippen molar-refractivity contribution in [1.82, 2.24) is 0 Å². The fourth-order valence-corrected chi connectivity index (χ4v) is 1.49. The molecule has 0 N–H and O–H groups in total. The van der Waals surface area contributed by atoms with Crippen LogP contribution in [0.15, 0.2) is 36.4 Å². The zero-order chi connectivity index (χ0) is 13.1. The van der Waals surface area contributed by atoms with Gasteiger partial charge in [-0.05, 0) is 33.3 Å². The van der Waals surface area contributed by atoms with Gasteiger partial charge >= 0.3 is 5.97 Å². The summed E-state index contributed by atoms with van der Waals surface area (Å²) in [5.74, 6) is -0.320. The Labute approximate surface area is 103 Å². The molecule has 1 aromatic rings. The van der Waals surface area contributed by atoms with Gasteiger partial charge in [-0.3, -0.25) is 0 Å². The number of aryl methyl sites for hydroxylation is 1. The quantitative estimate of drug-likeness (QED) is 0.589. The van der Waals surface area contributed by atoms with Crippen LogP contribution in [-0.4, -0.2) is 11.6 Å². The molecule has 0 aromatic heterocycles. The van der Waals surface area contributed by atoms with Crippen LogP contribution >= 0.6 is 0 Å². The molecular formula is C15H20O2. The van der Waals surface area contributed by atoms with Crippen LogP contribution in [0.3, 0.4) is 0 Å². The van der Waals surface area contributed by atoms with Crippen LogP contribution in [0.5, 0.6) is 0 Å². The summed E-state index contributed by atoms with van der Waals surface area (Å²) in [5, 5.41) is 0. The second-order valence-corrected chi connectivity index (χ2v) is 5.27. The van der Waals surface area contributed by atoms with Crippen LogP contribution in [-0.2, 0) is 16.0 Å². The summed E-state index contributed by atoms with van der Waals surface area (Å²) in [6.07, 6.45) is 0.538. The van der Waals surface area contributed by atoms with Crippen LogP contribution < -0.4 is 0 Å². The first-order chi connectivity index (χ1) is 7.78. The number of carbonyl (C=O) groups excluding carboxylic acids is 1. The highest BCUT2D eigenvalue weighted by Crippen LogP contribution is 2.14. The van der Waals surface area contributed by atoms with Gasteiger partial charge in [-0.15, -0.1) is 0 Å². The molecule has 1 aromatic carbocycles. The first kappa shape index (κ1) is 13.5. The molecule has 92 valence electrons. The largest absolute Gasteiger partial charge is 0.457 e. The summed E-state index contributed by atoms with van der Waals surface area (Å²) < 4.78 is 5.26. The highest BCUT2D eigenvalue weighted by molar-refractivity contribution is 5.88. The Kier molecular flexibility index (Phi) is 4.11. The van der Waals surface area contributed by atoms with Gasteiger partial charge in [0.25, 0.3) is 0 Å². The van der Waals surface area contributed by atoms with Crippen LogP contribution in [0.2, 0.25) is 0 Å². The number of ether oxygens (including phenoxy) is 1. The van der Waals surface area contributed by atoms with E-state index in [0.29, 0.717) is 12.0 Å². The number of carbonyl (C=O) groups is 1. The van der Waals surface area contributed by atoms with Crippen LogP contribution in [0, 0.1) is 6.92 Å². The van der Waals surface area contributed by atoms with Crippen molar-refractivity contribution >= 4 is 5.97 Å². The van der Waals surface area contributed by atoms with E-state index in [-0.39, 0.29) is 5.97 Å². The summed E-state index contributed by atoms with van der Waals surface area (Å²) in [5.41, 5.74) is 2.29. The second kappa shape index (κ2) is 5.17. The van der Waals surface area contributed by atoms with Crippen molar-refractivity contribution in [1.29, 1.82) is 0 Å². The van der Waals surface area contributed by atoms with E-state index in [1.807, 2.05) is 45.9 Å². The molecule has 2 heteroatoms. The Hall–Kier alpha value is -1.57. The van der Waals surface area contributed by atoms with E-state index in [0.717, 1.165) is 5.56 Å². The third-order valence-corrected chi connectivity index (χ3v) is 2.19. The molecule has 0 spiro atoms. The Balaban J connectivity index is 2.64. The smallest absolute Gasteiger partial charge is 0.334 e. The average molecular weight is 232 g/mol. The van der Waals surface area contributed by atoms with E-state index in [9.17, 15) is 4.79 Å². The molecule has 0 amide bonds. The zero-order valence-electron chi connectivity index (χ0n) is 11.0. The van der Waals surface area contributed by atoms with E-state index in [2.05, 4.69) is 12.6 Å². The number of esters is 1. The van der Waals surface area contributed by atoms with Gasteiger partial charge < -0.3 is 4.74 Å². The van der Waals surface area contributed by atoms with Crippen molar-refractivity contribution in [3.63, 3.8) is 0 Å². The lowest BCUT2D eigenvalue weighted by Crippen LogP contribution is -2.25. The van der Waals surface area contributed by atoms with Crippen LogP contribution in [0.25, 0.3) is 0 Å². The van der Waals surface area contributed by atoms with Gasteiger partial charge in [-0.2, -0.15) is 0 Å². The Morgan fingerprint density at radius 2 is 2.00 bits per heavy atom. The molecule has 0 aliphatic heterocycles. The SMILES string of the molecule is C=C(Cc1cccc(C)c1)C(=O)OC(C)(C)C. The fraction of sp³-hybridized carbons (Fsp3) is 0.400. The zero-order valence-corrected chi connectivity index (χ0v) is 11.0. The minimum absolute atomic E-state index is 0.320. The molecule has 0 unspecified atom stereocenters. The highest BCUT2D eigenvalue weighted by Gasteiger charge is 2.18. The maximum atomic E-state index is 11.7. The first-order valence-corrected chi connectivity index (χ1v) is 5.74. The molecular weight excluding hydrogens is 212 g/mol. The van der Waals surface area contributed by atoms with Crippen molar-refractivity contribution in [3.05, 3.63) is 47.5 Å². The molecule has 0 aliphatic carbocycles. The van der Waals surface area contributed by atoms with Gasteiger partial charge in [-0.1, -0.05) is 36.4 Å². The fourth-order valence-electron chi connectivity index (χ4n) is 1.49. The maximum absolute atomic E-state index is 11.7. The van der Waals surface area contributed by atoms with Gasteiger partial charge in [0.2, 0.25) is 0 Å². The lowest BCUT2D eigenvalue weighted by molar-refractivity contribution is -0.149. The summed E-state index contributed by atoms with van der Waals surface area (Å²) in [6, 6.07) is 8.05. The molecule has 0 heterocycles. The van der Waals surface area contributed by atoms with E-state index >= 15 is 0 Å². The normalized spacial score (nSPS) is 11.1. The van der Waals surface area contributed by atoms with E-state index < -0.39 is 5.60 Å². The maximum Gasteiger partial charge on any atom is 0.334 e. The molecule has 17 heavy (non-hydrogen) atoms. The summed E-state index contributed by atoms with van der Waals surface area (Å²) in [6.45, 7) is 11.4. The van der Waals surface area contributed by atoms with Crippen molar-refractivity contribution in [2.24, 2.45) is 0 Å². The number of hydrogen-bond acceptors (Lipinski definition) is 2. The van der Waals surface area contributed by atoms with E-state index in [1.54, 1.807) is 0 Å². The third-order valence-electron chi connectivity index (χ3n) is 2.19. The molecule has 0 atom stereocenters. The van der Waals surface area contributed by atoms with Crippen molar-refractivity contribution in [3.8, 4) is 0 Å². The Bertz CT molecular complexity index is 425. The predicted molar refractivity (Wildman–Crippen MR) is 69.9 cm³/mol. The predicted octanol–water partition coefficient (Wildman–Crippen LogP) is 3.44. The highest BCUT2D eigenvalue weighted by atomic mass is 16.6. The molecule has 0 radical (unpaired) electrons. The molecule has 0 saturated carbocycles. The van der Waals surface area contributed by atoms with Gasteiger partial charge in [0.05, 0.1) is 0 Å². The molecule has 0 bridgehead atoms. The lowest BCUT2D eigenvalue weighted by Gasteiger charge is -2.20. The van der Waals surface area contributed by atoms with Gasteiger partial charge in [0, 0.05) is 12.0 Å². The minimum Gasteiger partial charge on any atom is -0.457 e. The van der Waals surface area contributed by atoms with E-state index in [4.69, 9.17) is 4.74 Å². The summed E-state index contributed by atoms with van der Waals surface area (Å²) >= 11 is 0. The monoisotopic (exact) mass is 232 g/mol. The Morgan fingerprint density at radius 1 is 1.35 bits per heavy atom. The molecule has 2 nitrogen and oxygen atoms in total. The number of benzene rings is 1. The first-order valence-electron chi connectivity index (χ1n) is 5.74. The third kappa shape index (κ3) is 4.85. The number of hydrogen-bond donors (Lipinski definition) is 0. The molecule has 0 fully saturated rings. The summed E-state index contributed by atoms with van der Waals surface area (Å²) in [4.78, 5) is 11.7. The van der Waals surface area contributed by atoms with Gasteiger partial charge in [0.15, 0.2) is 0 Å². The van der Waals surface area contributed by atoms with Gasteiger partial charge in [-0.25, -0.2) is 4.79 Å². The second-order valence-electron chi connectivity index (χ2n) is 5.27. The van der Waals surface area contributed by atoms with Gasteiger partial charge in [0.1, 0.15) is 5.60 Å². The molecule has 0 aliphatic rings. The molecule has 0 saturated heterocycles. The van der Waals surface area contributed by atoms with E-state index in [1.165, 1.54) is 5.56 Å². The standard InChI is InChI=1S/C15H20O2/c1-11-7-6-8-13(9-11)10-12(2)14(16)17-15(3,4)5/h6-9H,2,10H2,1,3-5H3. The average Bonchev–Trinajstić information content (AvgIpc) is 2.14. The Morgan fingerprint density at radius 3 is 2.53 bits per heavy atom. The summed E-state index contributed by atoms with van der Waals surface area (Å²) in [7, 11) is 0. The van der Waals surface area contributed by atoms with Crippen molar-refractivity contribution in [2.45, 2.75) is 39.7 Å². The topological polar surface area (TPSA) is 26.3 Å². The van der Waals surface area contributed by atoms with Crippen LogP contribution in [0.4, 0.5) is 0 Å². The molecule has 1 rings (SSSR count). The minimum atomic E-state index is -0.466.